The Balaban J connectivity index is 2.40. The number of benzene rings is 1. The number of ether oxygens (including phenoxy) is 3. The van der Waals surface area contributed by atoms with Crippen molar-refractivity contribution in [2.45, 2.75) is 32.4 Å². The molecule has 1 aromatic rings. The molecule has 3 nitrogen and oxygen atoms in total. The molecule has 10 heteroatoms. The lowest BCUT2D eigenvalue weighted by molar-refractivity contribution is -0.134. The Bertz CT molecular complexity index is 664. The zero-order chi connectivity index (χ0) is 21.2. The van der Waals surface area contributed by atoms with Crippen LogP contribution in [0.1, 0.15) is 26.2 Å². The standard InChI is InChI=1S/C18H19Cl4F3O3/c1-2-12(11-18(23,24)25)26-6-3-4-7-28-17-14(19)9-13(10-15(17)20)27-8-5-16(21)22/h2,5,9-10H,3-4,6-8,11H2,1H3. The first-order chi connectivity index (χ1) is 13.1. The summed E-state index contributed by atoms with van der Waals surface area (Å²) in [5.41, 5.74) is 0. The third-order valence-electron chi connectivity index (χ3n) is 3.23. The summed E-state index contributed by atoms with van der Waals surface area (Å²) >= 11 is 23.3. The zero-order valence-corrected chi connectivity index (χ0v) is 17.9. The van der Waals surface area contributed by atoms with Gasteiger partial charge in [-0.05, 0) is 31.9 Å². The fourth-order valence-electron chi connectivity index (χ4n) is 1.97. The SMILES string of the molecule is CC=C(CC(F)(F)F)OCCCCOc1c(Cl)cc(OCC=C(Cl)Cl)cc1Cl. The van der Waals surface area contributed by atoms with Crippen LogP contribution in [0.3, 0.4) is 0 Å². The molecule has 158 valence electrons. The van der Waals surface area contributed by atoms with Crippen molar-refractivity contribution >= 4 is 46.4 Å². The predicted molar refractivity (Wildman–Crippen MR) is 107 cm³/mol. The molecule has 0 spiro atoms. The molecule has 0 aromatic heterocycles. The van der Waals surface area contributed by atoms with Gasteiger partial charge in [0, 0.05) is 12.1 Å². The topological polar surface area (TPSA) is 27.7 Å². The maximum atomic E-state index is 12.3. The molecule has 0 unspecified atom stereocenters. The van der Waals surface area contributed by atoms with Crippen LogP contribution in [0.5, 0.6) is 11.5 Å². The minimum Gasteiger partial charge on any atom is -0.498 e. The van der Waals surface area contributed by atoms with Gasteiger partial charge in [-0.1, -0.05) is 46.4 Å². The normalized spacial score (nSPS) is 11.9. The molecule has 0 bridgehead atoms. The first-order valence-electron chi connectivity index (χ1n) is 8.23. The van der Waals surface area contributed by atoms with Gasteiger partial charge in [0.25, 0.3) is 0 Å². The van der Waals surface area contributed by atoms with Gasteiger partial charge in [-0.2, -0.15) is 13.2 Å². The summed E-state index contributed by atoms with van der Waals surface area (Å²) < 4.78 is 53.1. The summed E-state index contributed by atoms with van der Waals surface area (Å²) in [7, 11) is 0. The zero-order valence-electron chi connectivity index (χ0n) is 14.9. The second kappa shape index (κ2) is 12.6. The van der Waals surface area contributed by atoms with Crippen LogP contribution in [0.25, 0.3) is 0 Å². The van der Waals surface area contributed by atoms with Crippen LogP contribution in [0.2, 0.25) is 10.0 Å². The van der Waals surface area contributed by atoms with E-state index in [1.54, 1.807) is 0 Å². The number of rotatable bonds is 11. The van der Waals surface area contributed by atoms with Crippen molar-refractivity contribution in [2.24, 2.45) is 0 Å². The maximum absolute atomic E-state index is 12.3. The Morgan fingerprint density at radius 2 is 1.64 bits per heavy atom. The van der Waals surface area contributed by atoms with Gasteiger partial charge >= 0.3 is 6.18 Å². The molecule has 0 saturated heterocycles. The van der Waals surface area contributed by atoms with E-state index in [0.717, 1.165) is 0 Å². The van der Waals surface area contributed by atoms with E-state index in [1.165, 1.54) is 31.2 Å². The van der Waals surface area contributed by atoms with Crippen molar-refractivity contribution in [3.8, 4) is 11.5 Å². The summed E-state index contributed by atoms with van der Waals surface area (Å²) in [5.74, 6) is 0.624. The highest BCUT2D eigenvalue weighted by molar-refractivity contribution is 6.55. The van der Waals surface area contributed by atoms with Crippen molar-refractivity contribution in [3.05, 3.63) is 44.6 Å². The van der Waals surface area contributed by atoms with Crippen LogP contribution in [-0.4, -0.2) is 26.0 Å². The van der Waals surface area contributed by atoms with Gasteiger partial charge in [0.1, 0.15) is 29.0 Å². The number of halogens is 7. The average Bonchev–Trinajstić information content (AvgIpc) is 2.57. The van der Waals surface area contributed by atoms with E-state index in [9.17, 15) is 13.2 Å². The molecule has 0 saturated carbocycles. The summed E-state index contributed by atoms with van der Waals surface area (Å²) in [5, 5.41) is 0.530. The quantitative estimate of drug-likeness (QED) is 0.239. The van der Waals surface area contributed by atoms with Gasteiger partial charge in [0.05, 0.1) is 23.3 Å². The van der Waals surface area contributed by atoms with E-state index in [-0.39, 0.29) is 40.1 Å². The van der Waals surface area contributed by atoms with E-state index in [1.807, 2.05) is 0 Å². The third-order valence-corrected chi connectivity index (χ3v) is 4.10. The van der Waals surface area contributed by atoms with E-state index in [2.05, 4.69) is 0 Å². The summed E-state index contributed by atoms with van der Waals surface area (Å²) in [6.45, 7) is 2.09. The number of alkyl halides is 3. The van der Waals surface area contributed by atoms with E-state index < -0.39 is 12.6 Å². The molecule has 1 aromatic carbocycles. The fourth-order valence-corrected chi connectivity index (χ4v) is 2.68. The van der Waals surface area contributed by atoms with Crippen LogP contribution in [0.15, 0.2) is 34.5 Å². The van der Waals surface area contributed by atoms with Crippen molar-refractivity contribution < 1.29 is 27.4 Å². The molecule has 0 radical (unpaired) electrons. The molecule has 0 N–H and O–H groups in total. The van der Waals surface area contributed by atoms with Crippen LogP contribution in [-0.2, 0) is 4.74 Å². The smallest absolute Gasteiger partial charge is 0.396 e. The van der Waals surface area contributed by atoms with Gasteiger partial charge in [-0.25, -0.2) is 0 Å². The molecule has 1 rings (SSSR count). The van der Waals surface area contributed by atoms with Crippen molar-refractivity contribution in [2.75, 3.05) is 19.8 Å². The maximum Gasteiger partial charge on any atom is 0.396 e. The highest BCUT2D eigenvalue weighted by atomic mass is 35.5. The lowest BCUT2D eigenvalue weighted by atomic mass is 10.3. The molecule has 0 atom stereocenters. The minimum atomic E-state index is -4.29. The number of hydrogen-bond acceptors (Lipinski definition) is 3. The van der Waals surface area contributed by atoms with Gasteiger partial charge in [0.2, 0.25) is 0 Å². The first-order valence-corrected chi connectivity index (χ1v) is 9.74. The van der Waals surface area contributed by atoms with Gasteiger partial charge < -0.3 is 14.2 Å². The highest BCUT2D eigenvalue weighted by Crippen LogP contribution is 2.37. The van der Waals surface area contributed by atoms with E-state index >= 15 is 0 Å². The molecule has 0 heterocycles. The monoisotopic (exact) mass is 480 g/mol. The van der Waals surface area contributed by atoms with Crippen molar-refractivity contribution in [1.29, 1.82) is 0 Å². The molecule has 0 amide bonds. The van der Waals surface area contributed by atoms with Crippen LogP contribution < -0.4 is 9.47 Å². The van der Waals surface area contributed by atoms with E-state index in [0.29, 0.717) is 24.3 Å². The van der Waals surface area contributed by atoms with Crippen molar-refractivity contribution in [1.82, 2.24) is 0 Å². The molecule has 0 fully saturated rings. The average molecular weight is 482 g/mol. The van der Waals surface area contributed by atoms with Gasteiger partial charge in [0.15, 0.2) is 5.75 Å². The van der Waals surface area contributed by atoms with E-state index in [4.69, 9.17) is 60.6 Å². The Morgan fingerprint density at radius 1 is 1.04 bits per heavy atom. The first kappa shape index (κ1) is 25.1. The van der Waals surface area contributed by atoms with Gasteiger partial charge in [-0.3, -0.25) is 0 Å². The van der Waals surface area contributed by atoms with Crippen LogP contribution in [0, 0.1) is 0 Å². The minimum absolute atomic E-state index is 0.0843. The Kier molecular flexibility index (Phi) is 11.3. The molecule has 0 aliphatic heterocycles. The lowest BCUT2D eigenvalue weighted by Crippen LogP contribution is -2.11. The second-order valence-electron chi connectivity index (χ2n) is 5.47. The third kappa shape index (κ3) is 10.6. The molecule has 0 aliphatic rings. The largest absolute Gasteiger partial charge is 0.498 e. The van der Waals surface area contributed by atoms with Crippen LogP contribution >= 0.6 is 46.4 Å². The van der Waals surface area contributed by atoms with Gasteiger partial charge in [-0.15, -0.1) is 0 Å². The second-order valence-corrected chi connectivity index (χ2v) is 7.29. The summed E-state index contributed by atoms with van der Waals surface area (Å²) in [6.07, 6.45) is -1.53. The Morgan fingerprint density at radius 3 is 2.18 bits per heavy atom. The van der Waals surface area contributed by atoms with Crippen molar-refractivity contribution in [3.63, 3.8) is 0 Å². The lowest BCUT2D eigenvalue weighted by Gasteiger charge is -2.13. The van der Waals surface area contributed by atoms with Crippen LogP contribution in [0.4, 0.5) is 13.2 Å². The Labute approximate surface area is 181 Å². The number of hydrogen-bond donors (Lipinski definition) is 0. The fraction of sp³-hybridized carbons (Fsp3) is 0.444. The Hall–Kier alpha value is -0.950. The summed E-state index contributed by atoms with van der Waals surface area (Å²) in [4.78, 5) is 0. The molecule has 28 heavy (non-hydrogen) atoms. The predicted octanol–water partition coefficient (Wildman–Crippen LogP) is 7.72. The molecular formula is C18H19Cl4F3O3. The highest BCUT2D eigenvalue weighted by Gasteiger charge is 2.29. The molecule has 0 aliphatic carbocycles. The number of allylic oxidation sites excluding steroid dienone is 2. The number of unbranched alkanes of at least 4 members (excludes halogenated alkanes) is 1. The molecular weight excluding hydrogens is 463 g/mol. The summed E-state index contributed by atoms with van der Waals surface area (Å²) in [6, 6.07) is 3.08.